The molecular weight excluding hydrogens is 729 g/mol. The number of hydrogen-bond acceptors (Lipinski definition) is 8. The molecule has 1 heterocycles. The number of allylic oxidation sites excluding steroid dienone is 1. The second-order valence-corrected chi connectivity index (χ2v) is 15.4. The van der Waals surface area contributed by atoms with E-state index in [1.54, 1.807) is 73.5 Å². The van der Waals surface area contributed by atoms with Crippen molar-refractivity contribution < 1.29 is 40.0 Å². The van der Waals surface area contributed by atoms with Crippen molar-refractivity contribution in [2.24, 2.45) is 11.8 Å². The Hall–Kier alpha value is -1.60. The number of Topliss-reactive ketones (excluding diaryl/α,β-unsaturated/α-hetero) is 1. The second-order valence-electron chi connectivity index (χ2n) is 13.6. The molecule has 0 fully saturated rings. The molecule has 0 amide bonds. The number of aliphatic hydroxyl groups is 4. The number of carbonyl (C=O) groups is 1. The Balaban J connectivity index is 0. The highest BCUT2D eigenvalue weighted by molar-refractivity contribution is 9.10. The van der Waals surface area contributed by atoms with Crippen LogP contribution in [0.1, 0.15) is 99.0 Å². The highest BCUT2D eigenvalue weighted by Crippen LogP contribution is 2.36. The van der Waals surface area contributed by atoms with Crippen molar-refractivity contribution in [1.82, 2.24) is 0 Å². The summed E-state index contributed by atoms with van der Waals surface area (Å²) in [5.74, 6) is 2.79. The van der Waals surface area contributed by atoms with Gasteiger partial charge in [0, 0.05) is 20.4 Å². The monoisotopic (exact) mass is 780 g/mol. The van der Waals surface area contributed by atoms with Gasteiger partial charge in [0.2, 0.25) is 0 Å². The Morgan fingerprint density at radius 3 is 1.53 bits per heavy atom. The molecule has 2 aromatic rings. The van der Waals surface area contributed by atoms with Gasteiger partial charge in [-0.1, -0.05) is 59.6 Å². The molecule has 0 aromatic heterocycles. The second kappa shape index (κ2) is 20.2. The van der Waals surface area contributed by atoms with Gasteiger partial charge in [0.05, 0.1) is 43.7 Å². The van der Waals surface area contributed by atoms with Crippen LogP contribution in [0.3, 0.4) is 0 Å². The Morgan fingerprint density at radius 2 is 1.17 bits per heavy atom. The summed E-state index contributed by atoms with van der Waals surface area (Å²) in [6.07, 6.45) is 0.250. The number of rotatable bonds is 5. The Labute approximate surface area is 302 Å². The molecule has 0 saturated heterocycles. The number of ketones is 1. The summed E-state index contributed by atoms with van der Waals surface area (Å²) in [6.45, 7) is 20.4. The number of halogens is 2. The summed E-state index contributed by atoms with van der Waals surface area (Å²) in [7, 11) is 8.43. The fourth-order valence-corrected chi connectivity index (χ4v) is 3.48. The minimum Gasteiger partial charge on any atom is -0.532 e. The van der Waals surface area contributed by atoms with E-state index >= 15 is 0 Å². The van der Waals surface area contributed by atoms with Gasteiger partial charge in [0.15, 0.2) is 5.78 Å². The zero-order valence-corrected chi connectivity index (χ0v) is 33.1. The van der Waals surface area contributed by atoms with Crippen LogP contribution in [-0.2, 0) is 0 Å². The fourth-order valence-electron chi connectivity index (χ4n) is 2.76. The number of phenolic OH excluding ortho intramolecular Hbond substituents is 1. The molecule has 0 atom stereocenters. The molecule has 1 aliphatic rings. The first kappa shape index (κ1) is 47.5. The van der Waals surface area contributed by atoms with Crippen LogP contribution in [0.4, 0.5) is 0 Å². The van der Waals surface area contributed by atoms with Crippen LogP contribution in [0.15, 0.2) is 51.3 Å². The van der Waals surface area contributed by atoms with E-state index in [2.05, 4.69) is 61.4 Å². The quantitative estimate of drug-likeness (QED) is 0.146. The minimum absolute atomic E-state index is 0.0428. The first-order valence-corrected chi connectivity index (χ1v) is 16.8. The Bertz CT molecular complexity index is 1230. The van der Waals surface area contributed by atoms with Crippen molar-refractivity contribution >= 4 is 66.0 Å². The standard InChI is InChI=1S/C11H12BBrO2.C10H11BrO2.2C6H14O2.CH2B2/c1-7(2)10-6-12(14)15-11-4-3-8(13)5-9(10)11;1-6(2)10(13)8-5-7(11)3-4-9(8)12;2*1-5(2,7)6(3,4)8;2-1-3/h3-7,14H,1-2H3;3-6,12H,1-2H3;2*7-8H,1-4H3;1H2. The molecule has 4 radical (unpaired) electrons. The van der Waals surface area contributed by atoms with Gasteiger partial charge < -0.3 is 35.2 Å². The van der Waals surface area contributed by atoms with E-state index in [-0.39, 0.29) is 23.7 Å². The largest absolute Gasteiger partial charge is 0.552 e. The number of aromatic hydroxyl groups is 1. The van der Waals surface area contributed by atoms with E-state index in [4.69, 9.17) is 25.1 Å². The molecule has 47 heavy (non-hydrogen) atoms. The molecule has 0 saturated carbocycles. The predicted octanol–water partition coefficient (Wildman–Crippen LogP) is 6.65. The van der Waals surface area contributed by atoms with Crippen molar-refractivity contribution in [3.05, 3.63) is 62.4 Å². The van der Waals surface area contributed by atoms with Gasteiger partial charge in [-0.15, -0.1) is 6.22 Å². The molecule has 6 N–H and O–H groups in total. The van der Waals surface area contributed by atoms with E-state index in [0.29, 0.717) is 11.5 Å². The van der Waals surface area contributed by atoms with E-state index in [0.717, 1.165) is 25.8 Å². The lowest BCUT2D eigenvalue weighted by Crippen LogP contribution is -2.44. The van der Waals surface area contributed by atoms with E-state index in [1.807, 2.05) is 32.0 Å². The lowest BCUT2D eigenvalue weighted by atomic mass is 9.78. The third-order valence-electron chi connectivity index (χ3n) is 7.19. The van der Waals surface area contributed by atoms with Crippen molar-refractivity contribution in [2.45, 2.75) is 112 Å². The third kappa shape index (κ3) is 18.1. The van der Waals surface area contributed by atoms with Gasteiger partial charge >= 0.3 is 7.12 Å². The molecule has 0 bridgehead atoms. The van der Waals surface area contributed by atoms with Crippen LogP contribution < -0.4 is 4.65 Å². The third-order valence-corrected chi connectivity index (χ3v) is 8.17. The van der Waals surface area contributed by atoms with Crippen LogP contribution >= 0.6 is 31.9 Å². The van der Waals surface area contributed by atoms with Crippen LogP contribution in [0.25, 0.3) is 5.57 Å². The highest BCUT2D eigenvalue weighted by Gasteiger charge is 2.32. The van der Waals surface area contributed by atoms with Crippen LogP contribution in [0.5, 0.6) is 11.5 Å². The molecule has 2 aromatic carbocycles. The zero-order valence-electron chi connectivity index (χ0n) is 29.9. The molecule has 260 valence electrons. The van der Waals surface area contributed by atoms with Gasteiger partial charge in [-0.25, -0.2) is 0 Å². The molecule has 0 spiro atoms. The highest BCUT2D eigenvalue weighted by atomic mass is 79.9. The normalized spacial score (nSPS) is 12.8. The number of phenols is 1. The van der Waals surface area contributed by atoms with Crippen molar-refractivity contribution in [3.8, 4) is 11.5 Å². The molecule has 3 rings (SSSR count). The lowest BCUT2D eigenvalue weighted by Gasteiger charge is -2.31. The van der Waals surface area contributed by atoms with Crippen molar-refractivity contribution in [3.63, 3.8) is 0 Å². The topological polar surface area (TPSA) is 148 Å². The summed E-state index contributed by atoms with van der Waals surface area (Å²) in [5.41, 5.74) is -1.46. The molecule has 0 unspecified atom stereocenters. The van der Waals surface area contributed by atoms with E-state index < -0.39 is 29.5 Å². The summed E-state index contributed by atoms with van der Waals surface area (Å²) >= 11 is 6.69. The molecule has 13 heteroatoms. The maximum atomic E-state index is 11.5. The summed E-state index contributed by atoms with van der Waals surface area (Å²) in [4.78, 5) is 11.5. The number of fused-ring (bicyclic) bond motifs is 1. The van der Waals surface area contributed by atoms with Crippen molar-refractivity contribution in [1.29, 1.82) is 0 Å². The first-order chi connectivity index (χ1) is 21.0. The number of benzene rings is 2. The smallest absolute Gasteiger partial charge is 0.532 e. The van der Waals surface area contributed by atoms with Crippen LogP contribution in [0, 0.1) is 11.8 Å². The minimum atomic E-state index is -1.01. The zero-order chi connectivity index (χ0) is 37.7. The summed E-state index contributed by atoms with van der Waals surface area (Å²) in [6, 6.07) is 10.7. The van der Waals surface area contributed by atoms with E-state index in [1.165, 1.54) is 6.07 Å². The number of carbonyl (C=O) groups excluding carboxylic acids is 1. The molecule has 0 aliphatic carbocycles. The van der Waals surface area contributed by atoms with Gasteiger partial charge in [-0.05, 0) is 109 Å². The summed E-state index contributed by atoms with van der Waals surface area (Å²) < 4.78 is 7.15. The van der Waals surface area contributed by atoms with Gasteiger partial charge in [-0.3, -0.25) is 4.79 Å². The molecular formula is C34H53B3Br2O8. The Morgan fingerprint density at radius 1 is 0.787 bits per heavy atom. The average molecular weight is 782 g/mol. The number of hydrogen-bond donors (Lipinski definition) is 6. The average Bonchev–Trinajstić information content (AvgIpc) is 2.88. The van der Waals surface area contributed by atoms with Crippen LogP contribution in [-0.4, -0.2) is 81.6 Å². The Kier molecular flexibility index (Phi) is 20.4. The van der Waals surface area contributed by atoms with Gasteiger partial charge in [-0.2, -0.15) is 0 Å². The fraction of sp³-hybridized carbons (Fsp3) is 0.559. The lowest BCUT2D eigenvalue weighted by molar-refractivity contribution is -0.107. The van der Waals surface area contributed by atoms with Gasteiger partial charge in [0.1, 0.15) is 11.5 Å². The predicted molar refractivity (Wildman–Crippen MR) is 202 cm³/mol. The van der Waals surface area contributed by atoms with Crippen LogP contribution in [0.2, 0.25) is 6.22 Å². The SMILES string of the molecule is CC(C)(O)C(C)(C)O.CC(C)(O)C(C)(C)O.CC(C)C(=O)c1cc(Br)ccc1O.CC(C)C1=CB(O)Oc2ccc(Br)cc21.[B]C[B]. The maximum Gasteiger partial charge on any atom is 0.552 e. The van der Waals surface area contributed by atoms with Crippen molar-refractivity contribution in [2.75, 3.05) is 0 Å². The van der Waals surface area contributed by atoms with Gasteiger partial charge in [0.25, 0.3) is 0 Å². The van der Waals surface area contributed by atoms with E-state index in [9.17, 15) is 14.9 Å². The molecule has 1 aliphatic heterocycles. The maximum absolute atomic E-state index is 11.5. The molecule has 8 nitrogen and oxygen atoms in total. The summed E-state index contributed by atoms with van der Waals surface area (Å²) in [5, 5.41) is 55.4. The first-order valence-electron chi connectivity index (χ1n) is 15.2.